The summed E-state index contributed by atoms with van der Waals surface area (Å²) < 4.78 is 5.70. The SMILES string of the molecule is O=C(N/N=C/c1c(O)ccc2ccccc12)C(=O)Nc1ccc(OCc2ccccc2)cc1. The van der Waals surface area contributed by atoms with Crippen molar-refractivity contribution in [2.75, 3.05) is 5.32 Å². The predicted molar refractivity (Wildman–Crippen MR) is 127 cm³/mol. The molecule has 0 aliphatic rings. The number of phenolic OH excluding ortho intramolecular Hbond substituents is 1. The number of anilines is 1. The van der Waals surface area contributed by atoms with Crippen LogP contribution in [-0.4, -0.2) is 23.1 Å². The Kier molecular flexibility index (Phi) is 6.61. The predicted octanol–water partition coefficient (Wildman–Crippen LogP) is 4.21. The highest BCUT2D eigenvalue weighted by Crippen LogP contribution is 2.25. The van der Waals surface area contributed by atoms with E-state index < -0.39 is 11.8 Å². The largest absolute Gasteiger partial charge is 0.507 e. The zero-order chi connectivity index (χ0) is 23.0. The minimum absolute atomic E-state index is 0.0192. The fourth-order valence-electron chi connectivity index (χ4n) is 3.19. The number of aromatic hydroxyl groups is 1. The van der Waals surface area contributed by atoms with Crippen molar-refractivity contribution in [3.63, 3.8) is 0 Å². The number of phenols is 1. The van der Waals surface area contributed by atoms with Crippen LogP contribution in [0.5, 0.6) is 11.5 Å². The number of amides is 2. The lowest BCUT2D eigenvalue weighted by Crippen LogP contribution is -2.32. The van der Waals surface area contributed by atoms with Crippen molar-refractivity contribution in [2.24, 2.45) is 5.10 Å². The fraction of sp³-hybridized carbons (Fsp3) is 0.0385. The summed E-state index contributed by atoms with van der Waals surface area (Å²) in [6, 6.07) is 27.2. The van der Waals surface area contributed by atoms with E-state index in [9.17, 15) is 14.7 Å². The number of hydrazone groups is 1. The van der Waals surface area contributed by atoms with Gasteiger partial charge in [0.05, 0.1) is 6.21 Å². The molecule has 0 atom stereocenters. The molecule has 2 amide bonds. The van der Waals surface area contributed by atoms with Gasteiger partial charge >= 0.3 is 11.8 Å². The van der Waals surface area contributed by atoms with Crippen LogP contribution in [0.1, 0.15) is 11.1 Å². The van der Waals surface area contributed by atoms with Crippen molar-refractivity contribution in [3.05, 3.63) is 102 Å². The Morgan fingerprint density at radius 1 is 0.848 bits per heavy atom. The number of carbonyl (C=O) groups is 2. The second kappa shape index (κ2) is 10.1. The smallest absolute Gasteiger partial charge is 0.329 e. The lowest BCUT2D eigenvalue weighted by molar-refractivity contribution is -0.136. The molecule has 7 nitrogen and oxygen atoms in total. The van der Waals surface area contributed by atoms with Crippen molar-refractivity contribution >= 4 is 34.5 Å². The molecule has 4 aromatic rings. The van der Waals surface area contributed by atoms with Gasteiger partial charge in [0, 0.05) is 11.3 Å². The lowest BCUT2D eigenvalue weighted by Gasteiger charge is -2.08. The molecule has 0 heterocycles. The van der Waals surface area contributed by atoms with Crippen LogP contribution in [0.25, 0.3) is 10.8 Å². The van der Waals surface area contributed by atoms with Crippen molar-refractivity contribution in [1.29, 1.82) is 0 Å². The maximum atomic E-state index is 12.2. The van der Waals surface area contributed by atoms with E-state index in [2.05, 4.69) is 15.8 Å². The van der Waals surface area contributed by atoms with Crippen LogP contribution in [-0.2, 0) is 16.2 Å². The maximum Gasteiger partial charge on any atom is 0.329 e. The molecule has 0 aliphatic heterocycles. The number of fused-ring (bicyclic) bond motifs is 1. The Morgan fingerprint density at radius 2 is 1.58 bits per heavy atom. The zero-order valence-corrected chi connectivity index (χ0v) is 17.6. The quantitative estimate of drug-likeness (QED) is 0.238. The first kappa shape index (κ1) is 21.6. The first-order valence-electron chi connectivity index (χ1n) is 10.2. The first-order valence-corrected chi connectivity index (χ1v) is 10.2. The Balaban J connectivity index is 1.32. The van der Waals surface area contributed by atoms with Crippen molar-refractivity contribution in [1.82, 2.24) is 5.43 Å². The van der Waals surface area contributed by atoms with Gasteiger partial charge < -0.3 is 15.2 Å². The van der Waals surface area contributed by atoms with Gasteiger partial charge in [-0.3, -0.25) is 9.59 Å². The van der Waals surface area contributed by atoms with Crippen LogP contribution < -0.4 is 15.5 Å². The third kappa shape index (κ3) is 5.54. The minimum Gasteiger partial charge on any atom is -0.507 e. The molecule has 0 bridgehead atoms. The number of hydrogen-bond acceptors (Lipinski definition) is 5. The summed E-state index contributed by atoms with van der Waals surface area (Å²) in [6.07, 6.45) is 1.31. The molecule has 0 fully saturated rings. The number of benzene rings is 4. The molecule has 0 saturated heterocycles. The summed E-state index contributed by atoms with van der Waals surface area (Å²) in [5.74, 6) is -1.14. The van der Waals surface area contributed by atoms with E-state index in [1.165, 1.54) is 6.21 Å². The lowest BCUT2D eigenvalue weighted by atomic mass is 10.0. The van der Waals surface area contributed by atoms with Crippen LogP contribution in [0.4, 0.5) is 5.69 Å². The Bertz CT molecular complexity index is 1300. The van der Waals surface area contributed by atoms with Gasteiger partial charge in [-0.15, -0.1) is 0 Å². The maximum absolute atomic E-state index is 12.2. The average Bonchev–Trinajstić information content (AvgIpc) is 2.85. The summed E-state index contributed by atoms with van der Waals surface area (Å²) in [6.45, 7) is 0.430. The summed E-state index contributed by atoms with van der Waals surface area (Å²) >= 11 is 0. The number of hydrogen-bond donors (Lipinski definition) is 3. The van der Waals surface area contributed by atoms with E-state index in [0.29, 0.717) is 23.6 Å². The molecular weight excluding hydrogens is 418 g/mol. The van der Waals surface area contributed by atoms with Gasteiger partial charge in [0.15, 0.2) is 0 Å². The Labute approximate surface area is 190 Å². The molecular formula is C26H21N3O4. The van der Waals surface area contributed by atoms with E-state index in [4.69, 9.17) is 4.74 Å². The number of nitrogens with one attached hydrogen (secondary N) is 2. The number of nitrogens with zero attached hydrogens (tertiary/aromatic N) is 1. The van der Waals surface area contributed by atoms with Gasteiger partial charge in [-0.1, -0.05) is 60.7 Å². The number of ether oxygens (including phenoxy) is 1. The van der Waals surface area contributed by atoms with Crippen LogP contribution in [0, 0.1) is 0 Å². The molecule has 0 saturated carbocycles. The van der Waals surface area contributed by atoms with Gasteiger partial charge in [0.25, 0.3) is 0 Å². The Morgan fingerprint density at radius 3 is 2.36 bits per heavy atom. The third-order valence-electron chi connectivity index (χ3n) is 4.87. The van der Waals surface area contributed by atoms with E-state index in [-0.39, 0.29) is 5.75 Å². The van der Waals surface area contributed by atoms with Gasteiger partial charge in [-0.05, 0) is 46.7 Å². The van der Waals surface area contributed by atoms with Crippen molar-refractivity contribution < 1.29 is 19.4 Å². The molecule has 33 heavy (non-hydrogen) atoms. The molecule has 4 rings (SSSR count). The molecule has 0 aliphatic carbocycles. The van der Waals surface area contributed by atoms with Crippen LogP contribution >= 0.6 is 0 Å². The second-order valence-electron chi connectivity index (χ2n) is 7.17. The number of carbonyl (C=O) groups excluding carboxylic acids is 2. The van der Waals surface area contributed by atoms with Crippen LogP contribution in [0.2, 0.25) is 0 Å². The highest BCUT2D eigenvalue weighted by atomic mass is 16.5. The highest BCUT2D eigenvalue weighted by molar-refractivity contribution is 6.39. The molecule has 3 N–H and O–H groups in total. The Hall–Kier alpha value is -4.65. The average molecular weight is 439 g/mol. The van der Waals surface area contributed by atoms with E-state index in [1.54, 1.807) is 36.4 Å². The minimum atomic E-state index is -0.935. The number of rotatable bonds is 6. The van der Waals surface area contributed by atoms with E-state index in [1.807, 2.05) is 54.6 Å². The van der Waals surface area contributed by atoms with Crippen molar-refractivity contribution in [3.8, 4) is 11.5 Å². The summed E-state index contributed by atoms with van der Waals surface area (Å²) in [7, 11) is 0. The molecule has 4 aromatic carbocycles. The molecule has 0 spiro atoms. The van der Waals surface area contributed by atoms with Gasteiger partial charge in [-0.2, -0.15) is 5.10 Å². The zero-order valence-electron chi connectivity index (χ0n) is 17.6. The molecule has 7 heteroatoms. The van der Waals surface area contributed by atoms with E-state index in [0.717, 1.165) is 16.3 Å². The van der Waals surface area contributed by atoms with Gasteiger partial charge in [0.2, 0.25) is 0 Å². The van der Waals surface area contributed by atoms with Crippen molar-refractivity contribution in [2.45, 2.75) is 6.61 Å². The molecule has 0 aromatic heterocycles. The normalized spacial score (nSPS) is 10.8. The van der Waals surface area contributed by atoms with Gasteiger partial charge in [-0.25, -0.2) is 5.43 Å². The first-order chi connectivity index (χ1) is 16.1. The highest BCUT2D eigenvalue weighted by Gasteiger charge is 2.13. The summed E-state index contributed by atoms with van der Waals surface area (Å²) in [4.78, 5) is 24.2. The molecule has 164 valence electrons. The molecule has 0 unspecified atom stereocenters. The summed E-state index contributed by atoms with van der Waals surface area (Å²) in [5, 5.41) is 18.1. The van der Waals surface area contributed by atoms with E-state index >= 15 is 0 Å². The summed E-state index contributed by atoms with van der Waals surface area (Å²) in [5.41, 5.74) is 4.11. The second-order valence-corrected chi connectivity index (χ2v) is 7.17. The molecule has 0 radical (unpaired) electrons. The third-order valence-corrected chi connectivity index (χ3v) is 4.87. The fourth-order valence-corrected chi connectivity index (χ4v) is 3.19. The van der Waals surface area contributed by atoms with Gasteiger partial charge in [0.1, 0.15) is 18.1 Å². The standard InChI is InChI=1S/C26H21N3O4/c30-24-15-10-19-8-4-5-9-22(19)23(24)16-27-29-26(32)25(31)28-20-11-13-21(14-12-20)33-17-18-6-2-1-3-7-18/h1-16,30H,17H2,(H,28,31)(H,29,32)/b27-16+. The topological polar surface area (TPSA) is 100 Å². The monoisotopic (exact) mass is 439 g/mol. The van der Waals surface area contributed by atoms with Crippen LogP contribution in [0.15, 0.2) is 96.1 Å². The van der Waals surface area contributed by atoms with Crippen LogP contribution in [0.3, 0.4) is 0 Å².